The highest BCUT2D eigenvalue weighted by Crippen LogP contribution is 2.19. The molecule has 2 nitrogen and oxygen atoms in total. The summed E-state index contributed by atoms with van der Waals surface area (Å²) in [6, 6.07) is 4.81. The summed E-state index contributed by atoms with van der Waals surface area (Å²) in [5, 5.41) is 3.11. The Bertz CT molecular complexity index is 283. The fourth-order valence-electron chi connectivity index (χ4n) is 0.869. The Balaban J connectivity index is 2.53. The maximum atomic E-state index is 12.8. The highest BCUT2D eigenvalue weighted by Gasteiger charge is 1.98. The Morgan fingerprint density at radius 1 is 1.38 bits per heavy atom. The van der Waals surface area contributed by atoms with Crippen LogP contribution in [0, 0.1) is 5.82 Å². The highest BCUT2D eigenvalue weighted by molar-refractivity contribution is 9.10. The minimum atomic E-state index is -0.252. The predicted molar refractivity (Wildman–Crippen MR) is 59.6 cm³/mol. The molecule has 0 atom stereocenters. The number of thiol groups is 1. The number of hydrogen-bond acceptors (Lipinski definition) is 3. The third-order valence-electron chi connectivity index (χ3n) is 1.49. The number of hydrogen-bond donors (Lipinski definition) is 3. The highest BCUT2D eigenvalue weighted by atomic mass is 79.9. The molecule has 1 aromatic carbocycles. The van der Waals surface area contributed by atoms with Crippen LogP contribution >= 0.6 is 28.7 Å². The van der Waals surface area contributed by atoms with Crippen molar-refractivity contribution < 1.29 is 4.39 Å². The van der Waals surface area contributed by atoms with Crippen LogP contribution in [0.25, 0.3) is 0 Å². The molecule has 2 N–H and O–H groups in total. The number of benzene rings is 1. The molecule has 0 aliphatic heterocycles. The molecule has 0 amide bonds. The summed E-state index contributed by atoms with van der Waals surface area (Å²) in [4.78, 5) is 0. The molecule has 72 valence electrons. The molecule has 0 spiro atoms. The Kier molecular flexibility index (Phi) is 4.55. The van der Waals surface area contributed by atoms with Gasteiger partial charge in [-0.2, -0.15) is 0 Å². The standard InChI is InChI=1S/C8H10BrFN2S/c9-7-5-6(1-2-8(7)10)11-3-4-12-13/h1-2,5,11-13H,3-4H2. The van der Waals surface area contributed by atoms with Crippen molar-refractivity contribution in [2.24, 2.45) is 0 Å². The van der Waals surface area contributed by atoms with Gasteiger partial charge in [0.2, 0.25) is 0 Å². The first-order chi connectivity index (χ1) is 6.24. The average molecular weight is 265 g/mol. The minimum absolute atomic E-state index is 0.252. The molecule has 0 saturated heterocycles. The number of rotatable bonds is 4. The molecule has 0 aromatic heterocycles. The molecule has 0 unspecified atom stereocenters. The summed E-state index contributed by atoms with van der Waals surface area (Å²) in [7, 11) is 0. The Morgan fingerprint density at radius 2 is 2.15 bits per heavy atom. The zero-order valence-electron chi connectivity index (χ0n) is 6.85. The van der Waals surface area contributed by atoms with E-state index in [2.05, 4.69) is 38.8 Å². The van der Waals surface area contributed by atoms with Gasteiger partial charge in [-0.15, -0.1) is 0 Å². The van der Waals surface area contributed by atoms with E-state index in [4.69, 9.17) is 0 Å². The van der Waals surface area contributed by atoms with E-state index in [1.54, 1.807) is 12.1 Å². The lowest BCUT2D eigenvalue weighted by Gasteiger charge is -2.05. The Morgan fingerprint density at radius 3 is 2.77 bits per heavy atom. The van der Waals surface area contributed by atoms with Crippen LogP contribution in [0.4, 0.5) is 10.1 Å². The van der Waals surface area contributed by atoms with Gasteiger partial charge < -0.3 is 5.32 Å². The number of anilines is 1. The van der Waals surface area contributed by atoms with Gasteiger partial charge in [0.15, 0.2) is 0 Å². The van der Waals surface area contributed by atoms with Crippen LogP contribution < -0.4 is 10.0 Å². The second kappa shape index (κ2) is 5.47. The van der Waals surface area contributed by atoms with Crippen LogP contribution in [0.3, 0.4) is 0 Å². The van der Waals surface area contributed by atoms with Crippen molar-refractivity contribution in [3.05, 3.63) is 28.5 Å². The van der Waals surface area contributed by atoms with Crippen molar-refractivity contribution in [1.82, 2.24) is 4.72 Å². The van der Waals surface area contributed by atoms with Gasteiger partial charge >= 0.3 is 0 Å². The molecule has 0 bridgehead atoms. The first kappa shape index (κ1) is 10.8. The average Bonchev–Trinajstić information content (AvgIpc) is 2.12. The van der Waals surface area contributed by atoms with Gasteiger partial charge in [-0.25, -0.2) is 4.39 Å². The largest absolute Gasteiger partial charge is 0.384 e. The molecule has 1 rings (SSSR count). The van der Waals surface area contributed by atoms with Crippen molar-refractivity contribution in [3.8, 4) is 0 Å². The van der Waals surface area contributed by atoms with E-state index in [1.165, 1.54) is 6.07 Å². The molecule has 0 aliphatic rings. The molecule has 1 aromatic rings. The van der Waals surface area contributed by atoms with Crippen molar-refractivity contribution in [2.45, 2.75) is 0 Å². The Labute approximate surface area is 90.6 Å². The summed E-state index contributed by atoms with van der Waals surface area (Å²) in [6.45, 7) is 1.50. The van der Waals surface area contributed by atoms with E-state index in [-0.39, 0.29) is 5.82 Å². The third kappa shape index (κ3) is 3.54. The fourth-order valence-corrected chi connectivity index (χ4v) is 1.36. The summed E-state index contributed by atoms with van der Waals surface area (Å²) in [6.07, 6.45) is 0. The molecule has 0 heterocycles. The molecule has 0 fully saturated rings. The van der Waals surface area contributed by atoms with Gasteiger partial charge in [0.25, 0.3) is 0 Å². The summed E-state index contributed by atoms with van der Waals surface area (Å²) < 4.78 is 16.0. The van der Waals surface area contributed by atoms with Crippen molar-refractivity contribution in [3.63, 3.8) is 0 Å². The van der Waals surface area contributed by atoms with Crippen LogP contribution in [0.2, 0.25) is 0 Å². The van der Waals surface area contributed by atoms with Gasteiger partial charge in [-0.1, -0.05) is 12.8 Å². The molecular formula is C8H10BrFN2S. The zero-order chi connectivity index (χ0) is 9.68. The summed E-state index contributed by atoms with van der Waals surface area (Å²) >= 11 is 6.95. The molecule has 13 heavy (non-hydrogen) atoms. The Hall–Kier alpha value is -0.260. The van der Waals surface area contributed by atoms with E-state index in [0.717, 1.165) is 18.8 Å². The van der Waals surface area contributed by atoms with Crippen molar-refractivity contribution >= 4 is 34.4 Å². The van der Waals surface area contributed by atoms with Crippen LogP contribution in [0.15, 0.2) is 22.7 Å². The second-order valence-corrected chi connectivity index (χ2v) is 3.63. The summed E-state index contributed by atoms with van der Waals surface area (Å²) in [5.74, 6) is -0.252. The lowest BCUT2D eigenvalue weighted by molar-refractivity contribution is 0.621. The lowest BCUT2D eigenvalue weighted by atomic mass is 10.3. The second-order valence-electron chi connectivity index (χ2n) is 2.46. The van der Waals surface area contributed by atoms with E-state index < -0.39 is 0 Å². The quantitative estimate of drug-likeness (QED) is 0.575. The molecule has 0 saturated carbocycles. The molecular weight excluding hydrogens is 255 g/mol. The maximum absolute atomic E-state index is 12.8. The van der Waals surface area contributed by atoms with E-state index in [1.807, 2.05) is 0 Å². The smallest absolute Gasteiger partial charge is 0.137 e. The van der Waals surface area contributed by atoms with Gasteiger partial charge in [0, 0.05) is 18.8 Å². The SMILES string of the molecule is Fc1ccc(NCCNS)cc1Br. The molecule has 5 heteroatoms. The zero-order valence-corrected chi connectivity index (χ0v) is 9.33. The van der Waals surface area contributed by atoms with E-state index in [9.17, 15) is 4.39 Å². The van der Waals surface area contributed by atoms with Crippen LogP contribution in [-0.2, 0) is 0 Å². The number of halogens is 2. The van der Waals surface area contributed by atoms with Gasteiger partial charge in [-0.05, 0) is 34.1 Å². The summed E-state index contributed by atoms with van der Waals surface area (Å²) in [5.41, 5.74) is 0.886. The number of nitrogens with one attached hydrogen (secondary N) is 2. The van der Waals surface area contributed by atoms with E-state index >= 15 is 0 Å². The van der Waals surface area contributed by atoms with Gasteiger partial charge in [0.1, 0.15) is 5.82 Å². The first-order valence-electron chi connectivity index (χ1n) is 3.80. The van der Waals surface area contributed by atoms with E-state index in [0.29, 0.717) is 4.47 Å². The topological polar surface area (TPSA) is 24.1 Å². The van der Waals surface area contributed by atoms with Crippen LogP contribution in [0.5, 0.6) is 0 Å². The van der Waals surface area contributed by atoms with Crippen LogP contribution in [0.1, 0.15) is 0 Å². The third-order valence-corrected chi connectivity index (χ3v) is 2.32. The fraction of sp³-hybridized carbons (Fsp3) is 0.250. The van der Waals surface area contributed by atoms with Gasteiger partial charge in [-0.3, -0.25) is 4.72 Å². The van der Waals surface area contributed by atoms with Crippen molar-refractivity contribution in [1.29, 1.82) is 0 Å². The maximum Gasteiger partial charge on any atom is 0.137 e. The molecule has 0 radical (unpaired) electrons. The monoisotopic (exact) mass is 264 g/mol. The molecule has 0 aliphatic carbocycles. The van der Waals surface area contributed by atoms with Gasteiger partial charge in [0.05, 0.1) is 4.47 Å². The lowest BCUT2D eigenvalue weighted by Crippen LogP contribution is -2.13. The van der Waals surface area contributed by atoms with Crippen molar-refractivity contribution in [2.75, 3.05) is 18.4 Å². The first-order valence-corrected chi connectivity index (χ1v) is 5.04. The predicted octanol–water partition coefficient (Wildman–Crippen LogP) is 2.43. The minimum Gasteiger partial charge on any atom is -0.384 e. The normalized spacial score (nSPS) is 10.1. The van der Waals surface area contributed by atoms with Crippen LogP contribution in [-0.4, -0.2) is 13.1 Å².